The van der Waals surface area contributed by atoms with Gasteiger partial charge in [-0.15, -0.1) is 0 Å². The second kappa shape index (κ2) is 5.61. The van der Waals surface area contributed by atoms with Crippen molar-refractivity contribution in [2.24, 2.45) is 0 Å². The maximum Gasteiger partial charge on any atom is 0.124 e. The highest BCUT2D eigenvalue weighted by Crippen LogP contribution is 2.15. The molecule has 0 aliphatic heterocycles. The van der Waals surface area contributed by atoms with Crippen molar-refractivity contribution in [2.75, 3.05) is 0 Å². The SMILES string of the molecule is CCCC=C(Cl)CC(=O)[Si](C)(C)C. The Bertz CT molecular complexity index is 203. The van der Waals surface area contributed by atoms with Crippen LogP contribution in [0.5, 0.6) is 0 Å². The molecule has 0 saturated carbocycles. The van der Waals surface area contributed by atoms with Gasteiger partial charge in [0.05, 0.1) is 0 Å². The first-order chi connectivity index (χ1) is 5.88. The molecular weight excluding hydrogens is 200 g/mol. The zero-order valence-corrected chi connectivity index (χ0v) is 10.7. The fraction of sp³-hybridized carbons (Fsp3) is 0.700. The van der Waals surface area contributed by atoms with Crippen LogP contribution in [0.15, 0.2) is 11.1 Å². The molecule has 0 aliphatic rings. The van der Waals surface area contributed by atoms with E-state index in [9.17, 15) is 4.79 Å². The Morgan fingerprint density at radius 1 is 1.38 bits per heavy atom. The molecule has 0 aromatic rings. The van der Waals surface area contributed by atoms with Crippen molar-refractivity contribution in [1.29, 1.82) is 0 Å². The molecule has 0 atom stereocenters. The molecule has 3 heteroatoms. The largest absolute Gasteiger partial charge is 0.305 e. The lowest BCUT2D eigenvalue weighted by molar-refractivity contribution is -0.112. The molecule has 13 heavy (non-hydrogen) atoms. The smallest absolute Gasteiger partial charge is 0.124 e. The van der Waals surface area contributed by atoms with Gasteiger partial charge in [0.25, 0.3) is 0 Å². The Labute approximate surface area is 87.2 Å². The van der Waals surface area contributed by atoms with E-state index in [4.69, 9.17) is 11.6 Å². The summed E-state index contributed by atoms with van der Waals surface area (Å²) in [6.45, 7) is 8.26. The second-order valence-corrected chi connectivity index (χ2v) is 9.83. The minimum atomic E-state index is -1.63. The van der Waals surface area contributed by atoms with Crippen LogP contribution in [0.3, 0.4) is 0 Å². The molecular formula is C10H19ClOSi. The highest BCUT2D eigenvalue weighted by molar-refractivity contribution is 7.03. The van der Waals surface area contributed by atoms with Crippen molar-refractivity contribution < 1.29 is 4.79 Å². The van der Waals surface area contributed by atoms with Gasteiger partial charge in [-0.3, -0.25) is 0 Å². The van der Waals surface area contributed by atoms with E-state index in [-0.39, 0.29) is 0 Å². The standard InChI is InChI=1S/C10H19ClOSi/c1-5-6-7-9(11)8-10(12)13(2,3)4/h7H,5-6,8H2,1-4H3. The number of carbonyl (C=O) groups excluding carboxylic acids is 1. The Morgan fingerprint density at radius 2 is 1.92 bits per heavy atom. The van der Waals surface area contributed by atoms with Gasteiger partial charge in [-0.05, 0) is 6.42 Å². The summed E-state index contributed by atoms with van der Waals surface area (Å²) in [7, 11) is -1.63. The van der Waals surface area contributed by atoms with Gasteiger partial charge >= 0.3 is 0 Å². The van der Waals surface area contributed by atoms with E-state index in [1.807, 2.05) is 6.08 Å². The minimum absolute atomic E-state index is 0.338. The Morgan fingerprint density at radius 3 is 2.31 bits per heavy atom. The van der Waals surface area contributed by atoms with E-state index in [1.54, 1.807) is 0 Å². The molecule has 0 saturated heterocycles. The van der Waals surface area contributed by atoms with Gasteiger partial charge in [0.1, 0.15) is 13.5 Å². The predicted octanol–water partition coefficient (Wildman–Crippen LogP) is 3.75. The average molecular weight is 219 g/mol. The Hall–Kier alpha value is -0.0831. The lowest BCUT2D eigenvalue weighted by Crippen LogP contribution is -2.33. The second-order valence-electron chi connectivity index (χ2n) is 4.29. The summed E-state index contributed by atoms with van der Waals surface area (Å²) in [4.78, 5) is 11.6. The number of halogens is 1. The first kappa shape index (κ1) is 12.9. The Kier molecular flexibility index (Phi) is 5.57. The molecule has 76 valence electrons. The van der Waals surface area contributed by atoms with Crippen molar-refractivity contribution in [3.8, 4) is 0 Å². The van der Waals surface area contributed by atoms with Crippen molar-refractivity contribution in [2.45, 2.75) is 45.8 Å². The number of hydrogen-bond donors (Lipinski definition) is 0. The summed E-state index contributed by atoms with van der Waals surface area (Å²) in [5.74, 6) is 0. The van der Waals surface area contributed by atoms with Crippen molar-refractivity contribution in [1.82, 2.24) is 0 Å². The van der Waals surface area contributed by atoms with Gasteiger partial charge in [0, 0.05) is 11.5 Å². The van der Waals surface area contributed by atoms with Crippen LogP contribution < -0.4 is 0 Å². The van der Waals surface area contributed by atoms with Crippen molar-refractivity contribution in [3.05, 3.63) is 11.1 Å². The summed E-state index contributed by atoms with van der Waals surface area (Å²) in [6.07, 6.45) is 4.45. The van der Waals surface area contributed by atoms with Crippen LogP contribution in [-0.4, -0.2) is 13.5 Å². The van der Waals surface area contributed by atoms with Crippen LogP contribution in [0.25, 0.3) is 0 Å². The molecule has 0 N–H and O–H groups in total. The molecule has 0 aromatic carbocycles. The van der Waals surface area contributed by atoms with Crippen LogP contribution in [0.2, 0.25) is 19.6 Å². The van der Waals surface area contributed by atoms with E-state index in [0.29, 0.717) is 16.9 Å². The molecule has 0 bridgehead atoms. The molecule has 1 nitrogen and oxygen atoms in total. The predicted molar refractivity (Wildman–Crippen MR) is 61.8 cm³/mol. The highest BCUT2D eigenvalue weighted by Gasteiger charge is 2.23. The summed E-state index contributed by atoms with van der Waals surface area (Å²) in [5, 5.41) is 1.05. The third-order valence-electron chi connectivity index (χ3n) is 1.82. The Balaban J connectivity index is 4.07. The fourth-order valence-electron chi connectivity index (χ4n) is 0.792. The summed E-state index contributed by atoms with van der Waals surface area (Å²) >= 11 is 5.92. The van der Waals surface area contributed by atoms with Gasteiger partial charge < -0.3 is 4.79 Å². The van der Waals surface area contributed by atoms with Crippen LogP contribution in [0.1, 0.15) is 26.2 Å². The quantitative estimate of drug-likeness (QED) is 0.643. The van der Waals surface area contributed by atoms with Crippen molar-refractivity contribution >= 4 is 25.1 Å². The molecule has 0 heterocycles. The molecule has 0 amide bonds. The van der Waals surface area contributed by atoms with Crippen LogP contribution in [0.4, 0.5) is 0 Å². The third kappa shape index (κ3) is 6.05. The van der Waals surface area contributed by atoms with Gasteiger partial charge in [-0.2, -0.15) is 0 Å². The summed E-state index contributed by atoms with van der Waals surface area (Å²) in [6, 6.07) is 0. The zero-order valence-electron chi connectivity index (χ0n) is 8.98. The maximum atomic E-state index is 11.6. The van der Waals surface area contributed by atoms with E-state index < -0.39 is 8.07 Å². The van der Waals surface area contributed by atoms with Gasteiger partial charge in [0.2, 0.25) is 0 Å². The van der Waals surface area contributed by atoms with E-state index in [0.717, 1.165) is 12.8 Å². The first-order valence-electron chi connectivity index (χ1n) is 4.75. The van der Waals surface area contributed by atoms with Gasteiger partial charge in [-0.25, -0.2) is 0 Å². The number of allylic oxidation sites excluding steroid dienone is 2. The summed E-state index contributed by atoms with van der Waals surface area (Å²) < 4.78 is 0. The van der Waals surface area contributed by atoms with Crippen molar-refractivity contribution in [3.63, 3.8) is 0 Å². The zero-order chi connectivity index (χ0) is 10.5. The molecule has 0 radical (unpaired) electrons. The highest BCUT2D eigenvalue weighted by atomic mass is 35.5. The first-order valence-corrected chi connectivity index (χ1v) is 8.63. The number of carbonyl (C=O) groups is 1. The molecule has 0 spiro atoms. The van der Waals surface area contributed by atoms with Gasteiger partial charge in [0.15, 0.2) is 0 Å². The van der Waals surface area contributed by atoms with E-state index >= 15 is 0 Å². The monoisotopic (exact) mass is 218 g/mol. The lowest BCUT2D eigenvalue weighted by atomic mass is 10.3. The fourth-order valence-corrected chi connectivity index (χ4v) is 1.85. The summed E-state index contributed by atoms with van der Waals surface area (Å²) in [5.41, 5.74) is 0. The molecule has 0 fully saturated rings. The third-order valence-corrected chi connectivity index (χ3v) is 3.96. The average Bonchev–Trinajstić information content (AvgIpc) is 1.99. The molecule has 0 aliphatic carbocycles. The van der Waals surface area contributed by atoms with E-state index in [1.165, 1.54) is 0 Å². The normalized spacial score (nSPS) is 13.2. The number of hydrogen-bond acceptors (Lipinski definition) is 1. The minimum Gasteiger partial charge on any atom is -0.305 e. The topological polar surface area (TPSA) is 17.1 Å². The molecule has 0 rings (SSSR count). The van der Waals surface area contributed by atoms with Crippen LogP contribution in [-0.2, 0) is 4.79 Å². The van der Waals surface area contributed by atoms with E-state index in [2.05, 4.69) is 26.6 Å². The number of unbranched alkanes of at least 4 members (excludes halogenated alkanes) is 1. The molecule has 0 aromatic heterocycles. The molecule has 0 unspecified atom stereocenters. The maximum absolute atomic E-state index is 11.6. The van der Waals surface area contributed by atoms with Gasteiger partial charge in [-0.1, -0.05) is 50.7 Å². The lowest BCUT2D eigenvalue weighted by Gasteiger charge is -2.13. The number of rotatable bonds is 5. The van der Waals surface area contributed by atoms with Crippen LogP contribution in [0, 0.1) is 0 Å². The van der Waals surface area contributed by atoms with Crippen LogP contribution >= 0.6 is 11.6 Å².